The normalized spacial score (nSPS) is 11.6. The molecule has 8 aromatic carbocycles. The van der Waals surface area contributed by atoms with Crippen LogP contribution in [0.4, 0.5) is 0 Å². The minimum Gasteiger partial charge on any atom is -0.456 e. The van der Waals surface area contributed by atoms with Gasteiger partial charge in [-0.1, -0.05) is 129 Å². The lowest BCUT2D eigenvalue weighted by molar-refractivity contribution is 0.669. The zero-order chi connectivity index (χ0) is 35.3. The zero-order valence-corrected chi connectivity index (χ0v) is 29.6. The van der Waals surface area contributed by atoms with E-state index in [4.69, 9.17) is 4.42 Å². The lowest BCUT2D eigenvalue weighted by atomic mass is 9.96. The Morgan fingerprint density at radius 3 is 1.49 bits per heavy atom. The van der Waals surface area contributed by atoms with Crippen molar-refractivity contribution in [2.24, 2.45) is 0 Å². The van der Waals surface area contributed by atoms with Crippen LogP contribution in [-0.2, 0) is 6.42 Å². The predicted molar refractivity (Wildman–Crippen MR) is 224 cm³/mol. The van der Waals surface area contributed by atoms with Crippen LogP contribution in [0.3, 0.4) is 0 Å². The Kier molecular flexibility index (Phi) is 7.54. The van der Waals surface area contributed by atoms with Gasteiger partial charge in [0.05, 0.1) is 11.0 Å². The van der Waals surface area contributed by atoms with E-state index in [9.17, 15) is 0 Å². The first-order valence-electron chi connectivity index (χ1n) is 18.6. The summed E-state index contributed by atoms with van der Waals surface area (Å²) in [5, 5.41) is 4.79. The summed E-state index contributed by atoms with van der Waals surface area (Å²) in [4.78, 5) is 0. The number of nitrogens with zero attached hydrogens (tertiary/aromatic N) is 1. The van der Waals surface area contributed by atoms with Gasteiger partial charge in [-0.2, -0.15) is 0 Å². The molecule has 10 rings (SSSR count). The van der Waals surface area contributed by atoms with Gasteiger partial charge in [0.1, 0.15) is 11.2 Å². The number of hydrogen-bond acceptors (Lipinski definition) is 1. The summed E-state index contributed by atoms with van der Waals surface area (Å²) in [7, 11) is 0. The highest BCUT2D eigenvalue weighted by atomic mass is 16.3. The number of benzene rings is 8. The molecule has 2 nitrogen and oxygen atoms in total. The van der Waals surface area contributed by atoms with E-state index < -0.39 is 0 Å². The molecule has 0 N–H and O–H groups in total. The van der Waals surface area contributed by atoms with Crippen molar-refractivity contribution in [1.29, 1.82) is 0 Å². The SMILES string of the molecule is CCCc1ccc2c(c1)c1cc(-c3ccccc3)ccc1n2-c1ccc2oc3ccc(-c4cccc(-c5cccc(-c6ccccc6)c5)c4)cc3c2c1. The quantitative estimate of drug-likeness (QED) is 0.164. The molecule has 0 fully saturated rings. The van der Waals surface area contributed by atoms with Crippen molar-refractivity contribution < 1.29 is 4.42 Å². The smallest absolute Gasteiger partial charge is 0.135 e. The molecular weight excluding hydrogens is 643 g/mol. The molecule has 0 atom stereocenters. The molecule has 0 saturated heterocycles. The molecule has 2 heterocycles. The van der Waals surface area contributed by atoms with Crippen molar-refractivity contribution in [3.8, 4) is 50.2 Å². The molecular formula is C51H37NO. The highest BCUT2D eigenvalue weighted by Crippen LogP contribution is 2.39. The van der Waals surface area contributed by atoms with E-state index in [2.05, 4.69) is 193 Å². The first kappa shape index (κ1) is 31.1. The molecule has 252 valence electrons. The average molecular weight is 680 g/mol. The standard InChI is InChI=1S/C51H37NO/c1-2-11-34-20-24-48-44(28-34)45-31-41(36-14-7-4-8-15-36)21-25-49(45)52(48)43-23-27-51-47(33-43)46-32-42(22-26-50(46)53-51)40-19-10-18-39(30-40)38-17-9-16-37(29-38)35-12-5-3-6-13-35/h3-10,12-33H,2,11H2,1H3. The summed E-state index contributed by atoms with van der Waals surface area (Å²) >= 11 is 0. The maximum absolute atomic E-state index is 6.44. The van der Waals surface area contributed by atoms with Crippen LogP contribution in [0.25, 0.3) is 93.9 Å². The van der Waals surface area contributed by atoms with E-state index in [1.807, 2.05) is 0 Å². The fourth-order valence-corrected chi connectivity index (χ4v) is 8.07. The fraction of sp³-hybridized carbons (Fsp3) is 0.0588. The molecule has 0 radical (unpaired) electrons. The number of furan rings is 1. The molecule has 0 bridgehead atoms. The lowest BCUT2D eigenvalue weighted by Gasteiger charge is -2.09. The molecule has 2 heteroatoms. The van der Waals surface area contributed by atoms with Gasteiger partial charge in [0.15, 0.2) is 0 Å². The van der Waals surface area contributed by atoms with Crippen molar-refractivity contribution >= 4 is 43.7 Å². The lowest BCUT2D eigenvalue weighted by Crippen LogP contribution is -1.94. The molecule has 0 saturated carbocycles. The minimum atomic E-state index is 0.893. The molecule has 0 amide bonds. The topological polar surface area (TPSA) is 18.1 Å². The highest BCUT2D eigenvalue weighted by molar-refractivity contribution is 6.12. The summed E-state index contributed by atoms with van der Waals surface area (Å²) in [5.41, 5.74) is 16.4. The van der Waals surface area contributed by atoms with Gasteiger partial charge in [-0.15, -0.1) is 0 Å². The molecule has 0 aliphatic rings. The van der Waals surface area contributed by atoms with Crippen LogP contribution in [0.15, 0.2) is 186 Å². The highest BCUT2D eigenvalue weighted by Gasteiger charge is 2.17. The van der Waals surface area contributed by atoms with Gasteiger partial charge >= 0.3 is 0 Å². The summed E-state index contributed by atoms with van der Waals surface area (Å²) in [6, 6.07) is 66.0. The Morgan fingerprint density at radius 2 is 0.849 bits per heavy atom. The van der Waals surface area contributed by atoms with Crippen LogP contribution < -0.4 is 0 Å². The summed E-state index contributed by atoms with van der Waals surface area (Å²) in [5.74, 6) is 0. The number of aromatic nitrogens is 1. The van der Waals surface area contributed by atoms with Gasteiger partial charge in [0.25, 0.3) is 0 Å². The van der Waals surface area contributed by atoms with Crippen molar-refractivity contribution in [3.05, 3.63) is 188 Å². The minimum absolute atomic E-state index is 0.893. The Hall–Kier alpha value is -6.64. The Bertz CT molecular complexity index is 2950. The molecule has 0 aliphatic carbocycles. The van der Waals surface area contributed by atoms with Gasteiger partial charge in [-0.05, 0) is 123 Å². The molecule has 10 aromatic rings. The van der Waals surface area contributed by atoms with Gasteiger partial charge in [-0.25, -0.2) is 0 Å². The monoisotopic (exact) mass is 679 g/mol. The second kappa shape index (κ2) is 12.8. The largest absolute Gasteiger partial charge is 0.456 e. The van der Waals surface area contributed by atoms with Crippen LogP contribution >= 0.6 is 0 Å². The maximum Gasteiger partial charge on any atom is 0.135 e. The molecule has 0 aliphatic heterocycles. The van der Waals surface area contributed by atoms with Gasteiger partial charge < -0.3 is 8.98 Å². The number of fused-ring (bicyclic) bond motifs is 6. The van der Waals surface area contributed by atoms with Crippen molar-refractivity contribution in [2.75, 3.05) is 0 Å². The van der Waals surface area contributed by atoms with E-state index in [-0.39, 0.29) is 0 Å². The Balaban J connectivity index is 1.09. The summed E-state index contributed by atoms with van der Waals surface area (Å²) in [6.07, 6.45) is 2.19. The number of rotatable bonds is 7. The first-order valence-corrected chi connectivity index (χ1v) is 18.6. The number of hydrogen-bond donors (Lipinski definition) is 0. The van der Waals surface area contributed by atoms with E-state index >= 15 is 0 Å². The van der Waals surface area contributed by atoms with Crippen LogP contribution in [0.2, 0.25) is 0 Å². The van der Waals surface area contributed by atoms with Crippen molar-refractivity contribution in [1.82, 2.24) is 4.57 Å². The number of aryl methyl sites for hydroxylation is 1. The van der Waals surface area contributed by atoms with Gasteiger partial charge in [-0.3, -0.25) is 0 Å². The molecule has 0 spiro atoms. The van der Waals surface area contributed by atoms with Crippen LogP contribution in [0, 0.1) is 0 Å². The van der Waals surface area contributed by atoms with E-state index in [1.165, 1.54) is 71.9 Å². The van der Waals surface area contributed by atoms with E-state index in [0.29, 0.717) is 0 Å². The third-order valence-corrected chi connectivity index (χ3v) is 10.7. The molecule has 2 aromatic heterocycles. The zero-order valence-electron chi connectivity index (χ0n) is 29.6. The van der Waals surface area contributed by atoms with Crippen LogP contribution in [-0.4, -0.2) is 4.57 Å². The first-order chi connectivity index (χ1) is 26.2. The van der Waals surface area contributed by atoms with Gasteiger partial charge in [0.2, 0.25) is 0 Å². The van der Waals surface area contributed by atoms with E-state index in [1.54, 1.807) is 0 Å². The van der Waals surface area contributed by atoms with Crippen molar-refractivity contribution in [2.45, 2.75) is 19.8 Å². The Labute approximate surface area is 309 Å². The second-order valence-electron chi connectivity index (χ2n) is 14.1. The van der Waals surface area contributed by atoms with Crippen molar-refractivity contribution in [3.63, 3.8) is 0 Å². The predicted octanol–water partition coefficient (Wildman–Crippen LogP) is 14.3. The van der Waals surface area contributed by atoms with E-state index in [0.717, 1.165) is 40.5 Å². The maximum atomic E-state index is 6.44. The summed E-state index contributed by atoms with van der Waals surface area (Å²) < 4.78 is 8.86. The molecule has 0 unspecified atom stereocenters. The van der Waals surface area contributed by atoms with Crippen LogP contribution in [0.1, 0.15) is 18.9 Å². The third-order valence-electron chi connectivity index (χ3n) is 10.7. The van der Waals surface area contributed by atoms with Crippen LogP contribution in [0.5, 0.6) is 0 Å². The molecule has 53 heavy (non-hydrogen) atoms. The average Bonchev–Trinajstić information content (AvgIpc) is 3.76. The van der Waals surface area contributed by atoms with Gasteiger partial charge in [0, 0.05) is 27.2 Å². The fourth-order valence-electron chi connectivity index (χ4n) is 8.07. The third kappa shape index (κ3) is 5.51. The summed E-state index contributed by atoms with van der Waals surface area (Å²) in [6.45, 7) is 2.25. The second-order valence-corrected chi connectivity index (χ2v) is 14.1. The Morgan fingerprint density at radius 1 is 0.377 bits per heavy atom.